The molecule has 2 N–H and O–H groups in total. The zero-order valence-corrected chi connectivity index (χ0v) is 13.6. The highest BCUT2D eigenvalue weighted by Crippen LogP contribution is 2.20. The van der Waals surface area contributed by atoms with Crippen molar-refractivity contribution in [1.82, 2.24) is 15.3 Å². The maximum atomic E-state index is 12.2. The van der Waals surface area contributed by atoms with Crippen LogP contribution in [0.15, 0.2) is 12.4 Å². The fraction of sp³-hybridized carbons (Fsp3) is 0.706. The normalized spacial score (nSPS) is 22.5. The molecule has 2 heterocycles. The first-order valence-electron chi connectivity index (χ1n) is 8.79. The van der Waals surface area contributed by atoms with Crippen LogP contribution in [0.4, 0.5) is 5.82 Å². The number of nitrogens with zero attached hydrogens (tertiary/aromatic N) is 2. The van der Waals surface area contributed by atoms with E-state index >= 15 is 0 Å². The van der Waals surface area contributed by atoms with Crippen molar-refractivity contribution in [3.63, 3.8) is 0 Å². The Morgan fingerprint density at radius 2 is 1.96 bits per heavy atom. The van der Waals surface area contributed by atoms with Gasteiger partial charge in [-0.1, -0.05) is 25.7 Å². The summed E-state index contributed by atoms with van der Waals surface area (Å²) in [5, 5.41) is 6.36. The molecule has 1 aliphatic carbocycles. The number of ether oxygens (including phenoxy) is 1. The number of rotatable bonds is 5. The molecule has 0 radical (unpaired) electrons. The Hall–Kier alpha value is -1.69. The predicted octanol–water partition coefficient (Wildman–Crippen LogP) is 2.52. The van der Waals surface area contributed by atoms with Gasteiger partial charge in [0.05, 0.1) is 6.10 Å². The van der Waals surface area contributed by atoms with Gasteiger partial charge in [-0.25, -0.2) is 9.97 Å². The van der Waals surface area contributed by atoms with Crippen LogP contribution in [-0.2, 0) is 4.74 Å². The van der Waals surface area contributed by atoms with Crippen molar-refractivity contribution in [3.8, 4) is 0 Å². The molecule has 2 aliphatic rings. The minimum Gasteiger partial charge on any atom is -0.376 e. The topological polar surface area (TPSA) is 76.1 Å². The van der Waals surface area contributed by atoms with E-state index in [1.807, 2.05) is 0 Å². The van der Waals surface area contributed by atoms with E-state index in [4.69, 9.17) is 4.74 Å². The third kappa shape index (κ3) is 4.89. The molecule has 1 amide bonds. The summed E-state index contributed by atoms with van der Waals surface area (Å²) in [6.45, 7) is 1.34. The van der Waals surface area contributed by atoms with Gasteiger partial charge in [0.15, 0.2) is 0 Å². The molecular weight excluding hydrogens is 292 g/mol. The number of carbonyl (C=O) groups is 1. The van der Waals surface area contributed by atoms with Crippen molar-refractivity contribution in [1.29, 1.82) is 0 Å². The van der Waals surface area contributed by atoms with E-state index in [1.165, 1.54) is 44.9 Å². The highest BCUT2D eigenvalue weighted by atomic mass is 16.5. The summed E-state index contributed by atoms with van der Waals surface area (Å²) < 4.78 is 5.52. The van der Waals surface area contributed by atoms with Crippen LogP contribution in [0.3, 0.4) is 0 Å². The third-order valence-corrected chi connectivity index (χ3v) is 4.62. The van der Waals surface area contributed by atoms with Crippen LogP contribution in [0.5, 0.6) is 0 Å². The van der Waals surface area contributed by atoms with Crippen molar-refractivity contribution in [2.45, 2.75) is 63.5 Å². The Bertz CT molecular complexity index is 509. The molecule has 0 bridgehead atoms. The van der Waals surface area contributed by atoms with Crippen molar-refractivity contribution in [3.05, 3.63) is 18.1 Å². The fourth-order valence-electron chi connectivity index (χ4n) is 3.30. The molecule has 0 spiro atoms. The summed E-state index contributed by atoms with van der Waals surface area (Å²) in [5.74, 6) is 0.584. The number of aromatic nitrogens is 2. The summed E-state index contributed by atoms with van der Waals surface area (Å²) in [6.07, 6.45) is 11.2. The van der Waals surface area contributed by atoms with Gasteiger partial charge in [-0.05, 0) is 25.7 Å². The maximum absolute atomic E-state index is 12.2. The molecular formula is C17H26N4O2. The van der Waals surface area contributed by atoms with Gasteiger partial charge in [0.25, 0.3) is 5.91 Å². The molecule has 6 heteroatoms. The summed E-state index contributed by atoms with van der Waals surface area (Å²) in [4.78, 5) is 20.6. The van der Waals surface area contributed by atoms with Gasteiger partial charge in [-0.3, -0.25) is 4.79 Å². The average Bonchev–Trinajstić information content (AvgIpc) is 2.97. The molecule has 1 saturated carbocycles. The largest absolute Gasteiger partial charge is 0.376 e. The van der Waals surface area contributed by atoms with Crippen LogP contribution in [0.1, 0.15) is 61.9 Å². The van der Waals surface area contributed by atoms with Crippen molar-refractivity contribution in [2.75, 3.05) is 18.5 Å². The highest BCUT2D eigenvalue weighted by molar-refractivity contribution is 5.92. The molecule has 0 aromatic carbocycles. The fourth-order valence-corrected chi connectivity index (χ4v) is 3.30. The monoisotopic (exact) mass is 318 g/mol. The summed E-state index contributed by atoms with van der Waals surface area (Å²) in [5.41, 5.74) is 0.411. The summed E-state index contributed by atoms with van der Waals surface area (Å²) in [7, 11) is 0. The number of nitrogens with one attached hydrogen (secondary N) is 2. The number of carbonyl (C=O) groups excluding carboxylic acids is 1. The number of anilines is 1. The van der Waals surface area contributed by atoms with Gasteiger partial charge < -0.3 is 15.4 Å². The maximum Gasteiger partial charge on any atom is 0.270 e. The second kappa shape index (κ2) is 8.24. The van der Waals surface area contributed by atoms with E-state index in [9.17, 15) is 4.79 Å². The minimum atomic E-state index is -0.160. The van der Waals surface area contributed by atoms with E-state index in [2.05, 4.69) is 20.6 Å². The number of hydrogen-bond donors (Lipinski definition) is 2. The van der Waals surface area contributed by atoms with Crippen LogP contribution in [0.25, 0.3) is 0 Å². The lowest BCUT2D eigenvalue weighted by Crippen LogP contribution is -2.32. The van der Waals surface area contributed by atoms with Gasteiger partial charge in [0.1, 0.15) is 17.8 Å². The van der Waals surface area contributed by atoms with Crippen LogP contribution < -0.4 is 10.6 Å². The zero-order valence-electron chi connectivity index (χ0n) is 13.6. The van der Waals surface area contributed by atoms with E-state index in [1.54, 1.807) is 6.07 Å². The molecule has 6 nitrogen and oxygen atoms in total. The number of hydrogen-bond acceptors (Lipinski definition) is 5. The van der Waals surface area contributed by atoms with Gasteiger partial charge in [-0.15, -0.1) is 0 Å². The van der Waals surface area contributed by atoms with E-state index in [0.29, 0.717) is 18.3 Å². The van der Waals surface area contributed by atoms with Crippen LogP contribution in [-0.4, -0.2) is 41.2 Å². The molecule has 1 aromatic rings. The molecule has 3 rings (SSSR count). The van der Waals surface area contributed by atoms with Gasteiger partial charge in [0, 0.05) is 25.3 Å². The molecule has 1 unspecified atom stereocenters. The third-order valence-electron chi connectivity index (χ3n) is 4.62. The van der Waals surface area contributed by atoms with Crippen molar-refractivity contribution in [2.24, 2.45) is 0 Å². The second-order valence-electron chi connectivity index (χ2n) is 6.47. The Labute approximate surface area is 137 Å². The van der Waals surface area contributed by atoms with Gasteiger partial charge in [-0.2, -0.15) is 0 Å². The zero-order chi connectivity index (χ0) is 15.9. The first-order valence-corrected chi connectivity index (χ1v) is 8.79. The molecule has 2 fully saturated rings. The van der Waals surface area contributed by atoms with Gasteiger partial charge in [0.2, 0.25) is 0 Å². The quantitative estimate of drug-likeness (QED) is 0.816. The van der Waals surface area contributed by atoms with Gasteiger partial charge >= 0.3 is 0 Å². The smallest absolute Gasteiger partial charge is 0.270 e. The molecule has 23 heavy (non-hydrogen) atoms. The Morgan fingerprint density at radius 1 is 1.13 bits per heavy atom. The standard InChI is InChI=1S/C17H26N4O2/c22-17(18-11-14-8-5-9-23-14)15-10-16(20-12-19-15)21-13-6-3-1-2-4-7-13/h10,12-14H,1-9,11H2,(H,18,22)(H,19,20,21). The molecule has 1 aromatic heterocycles. The Morgan fingerprint density at radius 3 is 2.70 bits per heavy atom. The summed E-state index contributed by atoms with van der Waals surface area (Å²) in [6, 6.07) is 2.20. The number of amides is 1. The van der Waals surface area contributed by atoms with Crippen LogP contribution in [0, 0.1) is 0 Å². The SMILES string of the molecule is O=C(NCC1CCCO1)c1cc(NC2CCCCCC2)ncn1. The lowest BCUT2D eigenvalue weighted by molar-refractivity contribution is 0.0853. The molecule has 1 atom stereocenters. The molecule has 1 aliphatic heterocycles. The Balaban J connectivity index is 1.54. The lowest BCUT2D eigenvalue weighted by atomic mass is 10.1. The van der Waals surface area contributed by atoms with Crippen LogP contribution >= 0.6 is 0 Å². The first-order chi connectivity index (χ1) is 11.3. The first kappa shape index (κ1) is 16.2. The van der Waals surface area contributed by atoms with Crippen molar-refractivity contribution < 1.29 is 9.53 Å². The summed E-state index contributed by atoms with van der Waals surface area (Å²) >= 11 is 0. The minimum absolute atomic E-state index is 0.143. The molecule has 126 valence electrons. The van der Waals surface area contributed by atoms with E-state index in [-0.39, 0.29) is 12.0 Å². The Kier molecular flexibility index (Phi) is 5.80. The highest BCUT2D eigenvalue weighted by Gasteiger charge is 2.18. The second-order valence-corrected chi connectivity index (χ2v) is 6.47. The van der Waals surface area contributed by atoms with Crippen LogP contribution in [0.2, 0.25) is 0 Å². The predicted molar refractivity (Wildman–Crippen MR) is 88.5 cm³/mol. The van der Waals surface area contributed by atoms with E-state index in [0.717, 1.165) is 25.3 Å². The lowest BCUT2D eigenvalue weighted by Gasteiger charge is -2.17. The average molecular weight is 318 g/mol. The van der Waals surface area contributed by atoms with Crippen molar-refractivity contribution >= 4 is 11.7 Å². The van der Waals surface area contributed by atoms with E-state index < -0.39 is 0 Å². The molecule has 1 saturated heterocycles.